The number of thioether (sulfide) groups is 1. The molecule has 1 aliphatic heterocycles. The molecule has 0 amide bonds. The van der Waals surface area contributed by atoms with Gasteiger partial charge in [-0.25, -0.2) is 9.20 Å². The summed E-state index contributed by atoms with van der Waals surface area (Å²) >= 11 is 1.45. The Morgan fingerprint density at radius 1 is 1.00 bits per heavy atom. The van der Waals surface area contributed by atoms with Crippen LogP contribution >= 0.6 is 11.8 Å². The van der Waals surface area contributed by atoms with Crippen molar-refractivity contribution in [2.75, 3.05) is 5.08 Å². The van der Waals surface area contributed by atoms with E-state index in [9.17, 15) is 4.21 Å². The van der Waals surface area contributed by atoms with Gasteiger partial charge in [0.05, 0.1) is 20.5 Å². The normalized spacial score (nSPS) is 24.3. The fourth-order valence-electron chi connectivity index (χ4n) is 1.73. The average Bonchev–Trinajstić information content (AvgIpc) is 2.84. The van der Waals surface area contributed by atoms with Crippen molar-refractivity contribution in [3.05, 3.63) is 60.7 Å². The predicted molar refractivity (Wildman–Crippen MR) is 81.3 cm³/mol. The second-order valence-electron chi connectivity index (χ2n) is 4.04. The summed E-state index contributed by atoms with van der Waals surface area (Å²) in [5.41, 5.74) is 0.838. The van der Waals surface area contributed by atoms with Gasteiger partial charge in [0.1, 0.15) is 0 Å². The second-order valence-corrected chi connectivity index (χ2v) is 7.57. The van der Waals surface area contributed by atoms with Crippen molar-refractivity contribution in [3.63, 3.8) is 0 Å². The van der Waals surface area contributed by atoms with Crippen molar-refractivity contribution in [2.24, 2.45) is 9.36 Å². The van der Waals surface area contributed by atoms with E-state index in [1.807, 2.05) is 60.7 Å². The van der Waals surface area contributed by atoms with Crippen molar-refractivity contribution in [1.29, 1.82) is 0 Å². The molecule has 0 saturated heterocycles. The molecule has 2 aromatic carbocycles. The quantitative estimate of drug-likeness (QED) is 0.841. The van der Waals surface area contributed by atoms with Gasteiger partial charge in [-0.2, -0.15) is 4.36 Å². The highest BCUT2D eigenvalue weighted by Gasteiger charge is 2.22. The van der Waals surface area contributed by atoms with Gasteiger partial charge in [-0.3, -0.25) is 0 Å². The summed E-state index contributed by atoms with van der Waals surface area (Å²) in [5, 5.41) is 1.07. The van der Waals surface area contributed by atoms with Gasteiger partial charge in [-0.1, -0.05) is 48.2 Å². The molecule has 0 aromatic heterocycles. The Morgan fingerprint density at radius 3 is 2.32 bits per heavy atom. The standard InChI is InChI=1S/C14H12N2OS2/c17-19(13-9-5-2-6-10-13)11-18-14(16-19)15-12-7-3-1-4-8-12/h1-10H,11H2. The van der Waals surface area contributed by atoms with Crippen molar-refractivity contribution < 1.29 is 4.21 Å². The lowest BCUT2D eigenvalue weighted by atomic mass is 10.3. The number of hydrogen-bond donors (Lipinski definition) is 0. The van der Waals surface area contributed by atoms with Crippen LogP contribution in [-0.2, 0) is 9.73 Å². The largest absolute Gasteiger partial charge is 0.243 e. The predicted octanol–water partition coefficient (Wildman–Crippen LogP) is 3.91. The summed E-state index contributed by atoms with van der Waals surface area (Å²) in [4.78, 5) is 5.19. The minimum absolute atomic E-state index is 0.475. The average molecular weight is 288 g/mol. The highest BCUT2D eigenvalue weighted by atomic mass is 32.3. The zero-order valence-electron chi connectivity index (χ0n) is 10.1. The Balaban J connectivity index is 1.98. The van der Waals surface area contributed by atoms with Crippen LogP contribution in [-0.4, -0.2) is 14.5 Å². The van der Waals surface area contributed by atoms with E-state index in [0.29, 0.717) is 10.3 Å². The Bertz CT molecular complexity index is 718. The molecule has 0 radical (unpaired) electrons. The van der Waals surface area contributed by atoms with Gasteiger partial charge in [0.25, 0.3) is 0 Å². The number of nitrogens with zero attached hydrogens (tertiary/aromatic N) is 2. The number of aliphatic imine (C=N–C) groups is 1. The fourth-order valence-corrected chi connectivity index (χ4v) is 5.27. The molecule has 3 rings (SSSR count). The van der Waals surface area contributed by atoms with E-state index in [2.05, 4.69) is 9.36 Å². The lowest BCUT2D eigenvalue weighted by Gasteiger charge is -2.00. The smallest absolute Gasteiger partial charge is 0.198 e. The lowest BCUT2D eigenvalue weighted by molar-refractivity contribution is 0.681. The maximum absolute atomic E-state index is 12.7. The van der Waals surface area contributed by atoms with E-state index in [0.717, 1.165) is 10.6 Å². The first-order valence-corrected chi connectivity index (χ1v) is 8.50. The van der Waals surface area contributed by atoms with Gasteiger partial charge in [0.15, 0.2) is 5.17 Å². The Kier molecular flexibility index (Phi) is 3.40. The van der Waals surface area contributed by atoms with Crippen LogP contribution in [0, 0.1) is 0 Å². The van der Waals surface area contributed by atoms with E-state index in [1.54, 1.807) is 0 Å². The first-order chi connectivity index (χ1) is 9.26. The minimum Gasteiger partial charge on any atom is -0.243 e. The van der Waals surface area contributed by atoms with Gasteiger partial charge < -0.3 is 0 Å². The molecule has 0 bridgehead atoms. The SMILES string of the molecule is O=S1(c2ccccc2)=NC(=Nc2ccccc2)SC1. The number of rotatable bonds is 2. The molecular weight excluding hydrogens is 276 g/mol. The van der Waals surface area contributed by atoms with Gasteiger partial charge >= 0.3 is 0 Å². The summed E-state index contributed by atoms with van der Waals surface area (Å²) in [6.07, 6.45) is 0. The molecule has 19 heavy (non-hydrogen) atoms. The molecule has 0 saturated carbocycles. The zero-order chi connectivity index (χ0) is 13.1. The van der Waals surface area contributed by atoms with Crippen molar-refractivity contribution >= 4 is 32.3 Å². The van der Waals surface area contributed by atoms with Gasteiger partial charge in [-0.05, 0) is 24.3 Å². The van der Waals surface area contributed by atoms with Crippen LogP contribution in [0.2, 0.25) is 0 Å². The number of hydrogen-bond acceptors (Lipinski definition) is 3. The van der Waals surface area contributed by atoms with E-state index in [1.165, 1.54) is 11.8 Å². The summed E-state index contributed by atoms with van der Waals surface area (Å²) in [5.74, 6) is 0. The molecule has 1 heterocycles. The van der Waals surface area contributed by atoms with Crippen molar-refractivity contribution in [1.82, 2.24) is 0 Å². The molecule has 2 aromatic rings. The highest BCUT2D eigenvalue weighted by molar-refractivity contribution is 8.25. The molecular formula is C14H12N2OS2. The third-order valence-corrected chi connectivity index (χ3v) is 6.45. The molecule has 0 fully saturated rings. The van der Waals surface area contributed by atoms with E-state index < -0.39 is 9.73 Å². The fraction of sp³-hybridized carbons (Fsp3) is 0.0714. The minimum atomic E-state index is -2.34. The summed E-state index contributed by atoms with van der Waals surface area (Å²) < 4.78 is 17.0. The topological polar surface area (TPSA) is 41.8 Å². The van der Waals surface area contributed by atoms with Gasteiger partial charge in [-0.15, -0.1) is 0 Å². The Morgan fingerprint density at radius 2 is 1.63 bits per heavy atom. The van der Waals surface area contributed by atoms with E-state index in [-0.39, 0.29) is 0 Å². The van der Waals surface area contributed by atoms with Crippen molar-refractivity contribution in [3.8, 4) is 0 Å². The van der Waals surface area contributed by atoms with Crippen LogP contribution in [0.3, 0.4) is 0 Å². The first kappa shape index (κ1) is 12.4. The van der Waals surface area contributed by atoms with Gasteiger partial charge in [0, 0.05) is 4.90 Å². The van der Waals surface area contributed by atoms with E-state index in [4.69, 9.17) is 0 Å². The monoisotopic (exact) mass is 288 g/mol. The second kappa shape index (κ2) is 5.19. The number of para-hydroxylation sites is 1. The van der Waals surface area contributed by atoms with E-state index >= 15 is 0 Å². The molecule has 0 N–H and O–H groups in total. The Hall–Kier alpha value is -1.59. The van der Waals surface area contributed by atoms with Crippen LogP contribution in [0.4, 0.5) is 5.69 Å². The zero-order valence-corrected chi connectivity index (χ0v) is 11.7. The molecule has 0 aliphatic carbocycles. The maximum Gasteiger partial charge on any atom is 0.198 e. The van der Waals surface area contributed by atoms with Crippen molar-refractivity contribution in [2.45, 2.75) is 4.90 Å². The lowest BCUT2D eigenvalue weighted by Crippen LogP contribution is -1.98. The highest BCUT2D eigenvalue weighted by Crippen LogP contribution is 2.29. The third kappa shape index (κ3) is 2.72. The molecule has 1 atom stereocenters. The van der Waals surface area contributed by atoms with Crippen LogP contribution in [0.1, 0.15) is 0 Å². The summed E-state index contributed by atoms with van der Waals surface area (Å²) in [6, 6.07) is 19.0. The number of benzene rings is 2. The molecule has 0 spiro atoms. The molecule has 1 aliphatic rings. The molecule has 96 valence electrons. The molecule has 1 unspecified atom stereocenters. The van der Waals surface area contributed by atoms with Crippen LogP contribution in [0.5, 0.6) is 0 Å². The molecule has 5 heteroatoms. The molecule has 3 nitrogen and oxygen atoms in total. The maximum atomic E-state index is 12.7. The summed E-state index contributed by atoms with van der Waals surface area (Å²) in [7, 11) is -2.34. The third-order valence-electron chi connectivity index (χ3n) is 2.67. The van der Waals surface area contributed by atoms with Crippen LogP contribution < -0.4 is 0 Å². The first-order valence-electron chi connectivity index (χ1n) is 5.83. The van der Waals surface area contributed by atoms with Crippen LogP contribution in [0.15, 0.2) is 74.9 Å². The Labute approximate surface area is 117 Å². The van der Waals surface area contributed by atoms with Gasteiger partial charge in [0.2, 0.25) is 0 Å². The van der Waals surface area contributed by atoms with Crippen LogP contribution in [0.25, 0.3) is 0 Å². The summed E-state index contributed by atoms with van der Waals surface area (Å²) in [6.45, 7) is 0. The number of amidine groups is 1.